The van der Waals surface area contributed by atoms with Gasteiger partial charge in [-0.1, -0.05) is 34.1 Å². The molecule has 0 aliphatic carbocycles. The van der Waals surface area contributed by atoms with Gasteiger partial charge in [-0.2, -0.15) is 0 Å². The molecule has 0 unspecified atom stereocenters. The van der Waals surface area contributed by atoms with Crippen LogP contribution in [0.25, 0.3) is 11.3 Å². The van der Waals surface area contributed by atoms with Crippen molar-refractivity contribution >= 4 is 15.9 Å². The SMILES string of the molecule is COCCCN(C)Cc1ncc(-c2ccccc2Br)o1. The van der Waals surface area contributed by atoms with Crippen molar-refractivity contribution in [2.24, 2.45) is 0 Å². The summed E-state index contributed by atoms with van der Waals surface area (Å²) in [5, 5.41) is 0. The monoisotopic (exact) mass is 338 g/mol. The second-order valence-corrected chi connectivity index (χ2v) is 5.54. The zero-order valence-electron chi connectivity index (χ0n) is 11.8. The van der Waals surface area contributed by atoms with Crippen molar-refractivity contribution in [1.82, 2.24) is 9.88 Å². The van der Waals surface area contributed by atoms with Crippen LogP contribution in [0.1, 0.15) is 12.3 Å². The number of benzene rings is 1. The molecule has 4 nitrogen and oxygen atoms in total. The van der Waals surface area contributed by atoms with Crippen molar-refractivity contribution < 1.29 is 9.15 Å². The molecule has 0 radical (unpaired) electrons. The zero-order chi connectivity index (χ0) is 14.4. The predicted molar refractivity (Wildman–Crippen MR) is 82.5 cm³/mol. The third-order valence-corrected chi connectivity index (χ3v) is 3.68. The Morgan fingerprint density at radius 1 is 1.35 bits per heavy atom. The van der Waals surface area contributed by atoms with Crippen LogP contribution in [0.4, 0.5) is 0 Å². The van der Waals surface area contributed by atoms with Crippen molar-refractivity contribution in [3.8, 4) is 11.3 Å². The molecule has 0 aliphatic rings. The van der Waals surface area contributed by atoms with E-state index in [9.17, 15) is 0 Å². The van der Waals surface area contributed by atoms with Gasteiger partial charge in [-0.3, -0.25) is 4.90 Å². The number of aromatic nitrogens is 1. The van der Waals surface area contributed by atoms with E-state index in [0.29, 0.717) is 6.54 Å². The summed E-state index contributed by atoms with van der Waals surface area (Å²) in [6.07, 6.45) is 2.78. The minimum Gasteiger partial charge on any atom is -0.439 e. The number of halogens is 1. The van der Waals surface area contributed by atoms with Gasteiger partial charge in [0.1, 0.15) is 0 Å². The standard InChI is InChI=1S/C15H19BrN2O2/c1-18(8-5-9-19-2)11-15-17-10-14(20-15)12-6-3-4-7-13(12)16/h3-4,6-7,10H,5,8-9,11H2,1-2H3. The third-order valence-electron chi connectivity index (χ3n) is 2.99. The molecule has 0 amide bonds. The van der Waals surface area contributed by atoms with E-state index in [1.807, 2.05) is 24.3 Å². The molecular weight excluding hydrogens is 320 g/mol. The number of hydrogen-bond acceptors (Lipinski definition) is 4. The van der Waals surface area contributed by atoms with Gasteiger partial charge in [0.05, 0.1) is 12.7 Å². The van der Waals surface area contributed by atoms with Gasteiger partial charge < -0.3 is 9.15 Å². The summed E-state index contributed by atoms with van der Waals surface area (Å²) in [5.74, 6) is 1.52. The molecule has 2 rings (SSSR count). The first-order valence-corrected chi connectivity index (χ1v) is 7.37. The molecule has 108 valence electrons. The maximum Gasteiger partial charge on any atom is 0.209 e. The minimum atomic E-state index is 0.703. The van der Waals surface area contributed by atoms with Gasteiger partial charge in [-0.25, -0.2) is 4.98 Å². The summed E-state index contributed by atoms with van der Waals surface area (Å²) in [7, 11) is 3.77. The second-order valence-electron chi connectivity index (χ2n) is 4.68. The molecule has 1 heterocycles. The third kappa shape index (κ3) is 4.16. The van der Waals surface area contributed by atoms with Gasteiger partial charge in [0.25, 0.3) is 0 Å². The summed E-state index contributed by atoms with van der Waals surface area (Å²) < 4.78 is 11.9. The van der Waals surface area contributed by atoms with E-state index in [4.69, 9.17) is 9.15 Å². The predicted octanol–water partition coefficient (Wildman–Crippen LogP) is 3.57. The van der Waals surface area contributed by atoms with Crippen molar-refractivity contribution in [2.75, 3.05) is 27.3 Å². The Hall–Kier alpha value is -1.17. The summed E-state index contributed by atoms with van der Waals surface area (Å²) >= 11 is 3.52. The average molecular weight is 339 g/mol. The number of hydrogen-bond donors (Lipinski definition) is 0. The first-order chi connectivity index (χ1) is 9.70. The molecule has 20 heavy (non-hydrogen) atoms. The molecule has 0 bridgehead atoms. The lowest BCUT2D eigenvalue weighted by molar-refractivity contribution is 0.175. The Kier molecular flexibility index (Phi) is 5.76. The normalized spacial score (nSPS) is 11.2. The Morgan fingerprint density at radius 2 is 2.15 bits per heavy atom. The maximum atomic E-state index is 5.81. The molecule has 5 heteroatoms. The van der Waals surface area contributed by atoms with Crippen LogP contribution in [0.15, 0.2) is 39.4 Å². The largest absolute Gasteiger partial charge is 0.439 e. The van der Waals surface area contributed by atoms with Gasteiger partial charge >= 0.3 is 0 Å². The van der Waals surface area contributed by atoms with Gasteiger partial charge in [0, 0.05) is 30.3 Å². The lowest BCUT2D eigenvalue weighted by atomic mass is 10.2. The molecule has 1 aromatic carbocycles. The summed E-state index contributed by atoms with van der Waals surface area (Å²) in [5.41, 5.74) is 1.02. The van der Waals surface area contributed by atoms with E-state index in [0.717, 1.165) is 41.3 Å². The molecule has 0 saturated heterocycles. The molecule has 2 aromatic rings. The van der Waals surface area contributed by atoms with Crippen LogP contribution >= 0.6 is 15.9 Å². The Morgan fingerprint density at radius 3 is 2.90 bits per heavy atom. The topological polar surface area (TPSA) is 38.5 Å². The van der Waals surface area contributed by atoms with Crippen LogP contribution in [0.5, 0.6) is 0 Å². The highest BCUT2D eigenvalue weighted by molar-refractivity contribution is 9.10. The number of methoxy groups -OCH3 is 1. The fourth-order valence-corrected chi connectivity index (χ4v) is 2.44. The Labute approximate surface area is 127 Å². The van der Waals surface area contributed by atoms with Crippen molar-refractivity contribution in [1.29, 1.82) is 0 Å². The Bertz CT molecular complexity index is 542. The second kappa shape index (κ2) is 7.57. The van der Waals surface area contributed by atoms with E-state index in [1.165, 1.54) is 0 Å². The van der Waals surface area contributed by atoms with Crippen molar-refractivity contribution in [3.63, 3.8) is 0 Å². The van der Waals surface area contributed by atoms with Crippen LogP contribution in [-0.2, 0) is 11.3 Å². The lowest BCUT2D eigenvalue weighted by Crippen LogP contribution is -2.20. The van der Waals surface area contributed by atoms with E-state index in [-0.39, 0.29) is 0 Å². The van der Waals surface area contributed by atoms with Crippen LogP contribution in [0.3, 0.4) is 0 Å². The van der Waals surface area contributed by atoms with Crippen LogP contribution < -0.4 is 0 Å². The van der Waals surface area contributed by atoms with Gasteiger partial charge in [0.2, 0.25) is 5.89 Å². The van der Waals surface area contributed by atoms with E-state index in [1.54, 1.807) is 13.3 Å². The van der Waals surface area contributed by atoms with E-state index < -0.39 is 0 Å². The van der Waals surface area contributed by atoms with Gasteiger partial charge in [0.15, 0.2) is 5.76 Å². The van der Waals surface area contributed by atoms with E-state index in [2.05, 4.69) is 32.9 Å². The number of oxazole rings is 1. The fraction of sp³-hybridized carbons (Fsp3) is 0.400. The van der Waals surface area contributed by atoms with Crippen LogP contribution in [-0.4, -0.2) is 37.2 Å². The maximum absolute atomic E-state index is 5.81. The molecule has 0 atom stereocenters. The fourth-order valence-electron chi connectivity index (χ4n) is 1.96. The molecule has 1 aromatic heterocycles. The smallest absolute Gasteiger partial charge is 0.209 e. The highest BCUT2D eigenvalue weighted by atomic mass is 79.9. The van der Waals surface area contributed by atoms with Crippen molar-refractivity contribution in [3.05, 3.63) is 40.8 Å². The number of nitrogens with zero attached hydrogens (tertiary/aromatic N) is 2. The highest BCUT2D eigenvalue weighted by Gasteiger charge is 2.10. The molecule has 0 fully saturated rings. The number of ether oxygens (including phenoxy) is 1. The molecule has 0 spiro atoms. The first kappa shape index (κ1) is 15.2. The Balaban J connectivity index is 1.97. The lowest BCUT2D eigenvalue weighted by Gasteiger charge is -2.13. The highest BCUT2D eigenvalue weighted by Crippen LogP contribution is 2.28. The molecule has 0 aliphatic heterocycles. The van der Waals surface area contributed by atoms with Gasteiger partial charge in [-0.05, 0) is 19.5 Å². The molecule has 0 N–H and O–H groups in total. The molecule has 0 saturated carbocycles. The zero-order valence-corrected chi connectivity index (χ0v) is 13.4. The number of rotatable bonds is 7. The summed E-state index contributed by atoms with van der Waals surface area (Å²) in [4.78, 5) is 6.52. The first-order valence-electron chi connectivity index (χ1n) is 6.58. The average Bonchev–Trinajstić information content (AvgIpc) is 2.88. The van der Waals surface area contributed by atoms with Crippen LogP contribution in [0.2, 0.25) is 0 Å². The van der Waals surface area contributed by atoms with E-state index >= 15 is 0 Å². The van der Waals surface area contributed by atoms with Gasteiger partial charge in [-0.15, -0.1) is 0 Å². The van der Waals surface area contributed by atoms with Crippen molar-refractivity contribution in [2.45, 2.75) is 13.0 Å². The minimum absolute atomic E-state index is 0.703. The molecular formula is C15H19BrN2O2. The summed E-state index contributed by atoms with van der Waals surface area (Å²) in [6, 6.07) is 7.97. The summed E-state index contributed by atoms with van der Waals surface area (Å²) in [6.45, 7) is 2.44. The quantitative estimate of drug-likeness (QED) is 0.723. The van der Waals surface area contributed by atoms with Crippen LogP contribution in [0, 0.1) is 0 Å².